The molecule has 3 N–H and O–H groups in total. The van der Waals surface area contributed by atoms with E-state index in [0.29, 0.717) is 31.0 Å². The summed E-state index contributed by atoms with van der Waals surface area (Å²) >= 11 is 0. The van der Waals surface area contributed by atoms with Gasteiger partial charge in [-0.05, 0) is 19.4 Å². The molecule has 0 bridgehead atoms. The summed E-state index contributed by atoms with van der Waals surface area (Å²) in [6.45, 7) is 0.622. The number of aromatic nitrogens is 2. The molecule has 0 aliphatic carbocycles. The van der Waals surface area contributed by atoms with Gasteiger partial charge in [0.2, 0.25) is 5.88 Å². The Morgan fingerprint density at radius 2 is 2.06 bits per heavy atom. The first-order chi connectivity index (χ1) is 8.18. The monoisotopic (exact) mass is 241 g/mol. The molecular formula is C11H19N3O3. The van der Waals surface area contributed by atoms with Gasteiger partial charge in [0.05, 0.1) is 13.7 Å². The van der Waals surface area contributed by atoms with E-state index < -0.39 is 5.60 Å². The molecule has 0 saturated carbocycles. The zero-order chi connectivity index (χ0) is 12.7. The standard InChI is InChI=1S/C11H19N3O3/c1-16-8-11(15,4-3-5-12)9-10(17-2)14-7-6-13-9/h6-7,15H,3-5,8,12H2,1-2H3. The molecule has 0 aliphatic rings. The lowest BCUT2D eigenvalue weighted by atomic mass is 9.94. The van der Waals surface area contributed by atoms with Crippen LogP contribution < -0.4 is 10.5 Å². The van der Waals surface area contributed by atoms with E-state index in [0.717, 1.165) is 0 Å². The number of nitrogens with zero attached hydrogens (tertiary/aromatic N) is 2. The van der Waals surface area contributed by atoms with Gasteiger partial charge in [-0.15, -0.1) is 0 Å². The van der Waals surface area contributed by atoms with Crippen molar-refractivity contribution in [2.75, 3.05) is 27.4 Å². The fraction of sp³-hybridized carbons (Fsp3) is 0.636. The molecule has 6 nitrogen and oxygen atoms in total. The first-order valence-corrected chi connectivity index (χ1v) is 5.45. The van der Waals surface area contributed by atoms with Crippen LogP contribution in [0.3, 0.4) is 0 Å². The number of methoxy groups -OCH3 is 2. The quantitative estimate of drug-likeness (QED) is 0.701. The molecule has 0 fully saturated rings. The fourth-order valence-electron chi connectivity index (χ4n) is 1.69. The third-order valence-electron chi connectivity index (χ3n) is 2.48. The van der Waals surface area contributed by atoms with Crippen LogP contribution in [0.5, 0.6) is 5.88 Å². The summed E-state index contributed by atoms with van der Waals surface area (Å²) in [4.78, 5) is 8.16. The lowest BCUT2D eigenvalue weighted by Gasteiger charge is -2.27. The van der Waals surface area contributed by atoms with Crippen molar-refractivity contribution in [3.05, 3.63) is 18.1 Å². The van der Waals surface area contributed by atoms with E-state index in [2.05, 4.69) is 9.97 Å². The smallest absolute Gasteiger partial charge is 0.238 e. The number of nitrogens with two attached hydrogens (primary N) is 1. The van der Waals surface area contributed by atoms with Crippen LogP contribution in [0.1, 0.15) is 18.5 Å². The van der Waals surface area contributed by atoms with Gasteiger partial charge >= 0.3 is 0 Å². The largest absolute Gasteiger partial charge is 0.480 e. The molecule has 1 unspecified atom stereocenters. The summed E-state index contributed by atoms with van der Waals surface area (Å²) < 4.78 is 10.1. The number of ether oxygens (including phenoxy) is 2. The molecule has 0 aliphatic heterocycles. The third-order valence-corrected chi connectivity index (χ3v) is 2.48. The number of rotatable bonds is 7. The highest BCUT2D eigenvalue weighted by atomic mass is 16.5. The highest BCUT2D eigenvalue weighted by Crippen LogP contribution is 2.30. The fourth-order valence-corrected chi connectivity index (χ4v) is 1.69. The minimum atomic E-state index is -1.21. The van der Waals surface area contributed by atoms with E-state index >= 15 is 0 Å². The van der Waals surface area contributed by atoms with Gasteiger partial charge in [-0.25, -0.2) is 4.98 Å². The molecule has 0 amide bonds. The van der Waals surface area contributed by atoms with Gasteiger partial charge in [0.1, 0.15) is 11.3 Å². The number of aliphatic hydroxyl groups is 1. The first kappa shape index (κ1) is 13.8. The topological polar surface area (TPSA) is 90.5 Å². The number of hydrogen-bond donors (Lipinski definition) is 2. The summed E-state index contributed by atoms with van der Waals surface area (Å²) in [6.07, 6.45) is 4.14. The molecule has 0 radical (unpaired) electrons. The zero-order valence-corrected chi connectivity index (χ0v) is 10.2. The molecule has 1 rings (SSSR count). The summed E-state index contributed by atoms with van der Waals surface area (Å²) in [7, 11) is 3.01. The lowest BCUT2D eigenvalue weighted by molar-refractivity contribution is -0.0479. The van der Waals surface area contributed by atoms with Gasteiger partial charge < -0.3 is 20.3 Å². The van der Waals surface area contributed by atoms with Crippen LogP contribution in [-0.4, -0.2) is 42.4 Å². The van der Waals surface area contributed by atoms with Crippen molar-refractivity contribution in [1.29, 1.82) is 0 Å². The summed E-state index contributed by atoms with van der Waals surface area (Å²) in [5, 5.41) is 10.6. The molecule has 1 atom stereocenters. The minimum absolute atomic E-state index is 0.127. The van der Waals surface area contributed by atoms with Crippen LogP contribution in [0.15, 0.2) is 12.4 Å². The van der Waals surface area contributed by atoms with Crippen molar-refractivity contribution in [2.24, 2.45) is 5.73 Å². The zero-order valence-electron chi connectivity index (χ0n) is 10.2. The van der Waals surface area contributed by atoms with Crippen molar-refractivity contribution in [2.45, 2.75) is 18.4 Å². The summed E-state index contributed by atoms with van der Waals surface area (Å²) in [5.74, 6) is 0.309. The van der Waals surface area contributed by atoms with Crippen molar-refractivity contribution in [1.82, 2.24) is 9.97 Å². The second-order valence-corrected chi connectivity index (χ2v) is 3.77. The summed E-state index contributed by atoms with van der Waals surface area (Å²) in [5.41, 5.74) is 4.63. The first-order valence-electron chi connectivity index (χ1n) is 5.45. The molecule has 17 heavy (non-hydrogen) atoms. The molecule has 0 aromatic carbocycles. The van der Waals surface area contributed by atoms with Crippen LogP contribution in [-0.2, 0) is 10.3 Å². The lowest BCUT2D eigenvalue weighted by Crippen LogP contribution is -2.33. The Labute approximate surface area is 101 Å². The SMILES string of the molecule is COCC(O)(CCCN)c1nccnc1OC. The Kier molecular flexibility index (Phi) is 5.27. The Morgan fingerprint density at radius 3 is 2.65 bits per heavy atom. The normalized spacial score (nSPS) is 14.4. The Morgan fingerprint density at radius 1 is 1.35 bits per heavy atom. The highest BCUT2D eigenvalue weighted by molar-refractivity contribution is 5.24. The van der Waals surface area contributed by atoms with E-state index in [1.165, 1.54) is 26.6 Å². The predicted molar refractivity (Wildman–Crippen MR) is 62.6 cm³/mol. The van der Waals surface area contributed by atoms with Crippen LogP contribution in [0, 0.1) is 0 Å². The van der Waals surface area contributed by atoms with Crippen molar-refractivity contribution in [3.63, 3.8) is 0 Å². The molecular weight excluding hydrogens is 222 g/mol. The van der Waals surface area contributed by atoms with Gasteiger partial charge in [0.15, 0.2) is 0 Å². The van der Waals surface area contributed by atoms with E-state index in [-0.39, 0.29) is 6.61 Å². The Hall–Kier alpha value is -1.24. The average Bonchev–Trinajstić information content (AvgIpc) is 2.36. The maximum Gasteiger partial charge on any atom is 0.238 e. The van der Waals surface area contributed by atoms with E-state index in [9.17, 15) is 5.11 Å². The van der Waals surface area contributed by atoms with Crippen molar-refractivity contribution < 1.29 is 14.6 Å². The average molecular weight is 241 g/mol. The van der Waals surface area contributed by atoms with Gasteiger partial charge in [0, 0.05) is 19.5 Å². The summed E-state index contributed by atoms with van der Waals surface area (Å²) in [6, 6.07) is 0. The molecule has 1 aromatic rings. The molecule has 1 heterocycles. The van der Waals surface area contributed by atoms with Gasteiger partial charge in [0.25, 0.3) is 0 Å². The van der Waals surface area contributed by atoms with Gasteiger partial charge in [-0.3, -0.25) is 4.98 Å². The van der Waals surface area contributed by atoms with E-state index in [1.54, 1.807) is 0 Å². The van der Waals surface area contributed by atoms with Crippen LogP contribution in [0.25, 0.3) is 0 Å². The van der Waals surface area contributed by atoms with Crippen molar-refractivity contribution >= 4 is 0 Å². The number of hydrogen-bond acceptors (Lipinski definition) is 6. The molecule has 6 heteroatoms. The van der Waals surface area contributed by atoms with Crippen LogP contribution in [0.4, 0.5) is 0 Å². The maximum atomic E-state index is 10.6. The van der Waals surface area contributed by atoms with Gasteiger partial charge in [-0.1, -0.05) is 0 Å². The minimum Gasteiger partial charge on any atom is -0.480 e. The van der Waals surface area contributed by atoms with Crippen molar-refractivity contribution in [3.8, 4) is 5.88 Å². The molecule has 0 spiro atoms. The maximum absolute atomic E-state index is 10.6. The van der Waals surface area contributed by atoms with E-state index in [1.807, 2.05) is 0 Å². The van der Waals surface area contributed by atoms with Crippen LogP contribution in [0.2, 0.25) is 0 Å². The second-order valence-electron chi connectivity index (χ2n) is 3.77. The Bertz CT molecular complexity index is 348. The second kappa shape index (κ2) is 6.48. The third kappa shape index (κ3) is 3.36. The Balaban J connectivity index is 3.02. The van der Waals surface area contributed by atoms with Crippen LogP contribution >= 0.6 is 0 Å². The van der Waals surface area contributed by atoms with E-state index in [4.69, 9.17) is 15.2 Å². The molecule has 0 saturated heterocycles. The predicted octanol–water partition coefficient (Wildman–Crippen LogP) is 0.0581. The van der Waals surface area contributed by atoms with Gasteiger partial charge in [-0.2, -0.15) is 0 Å². The molecule has 96 valence electrons. The highest BCUT2D eigenvalue weighted by Gasteiger charge is 2.34. The molecule has 1 aromatic heterocycles.